The lowest BCUT2D eigenvalue weighted by atomic mass is 9.90. The third-order valence-electron chi connectivity index (χ3n) is 7.74. The van der Waals surface area contributed by atoms with Gasteiger partial charge in [-0.05, 0) is 111 Å². The molecule has 0 bridgehead atoms. The van der Waals surface area contributed by atoms with Gasteiger partial charge in [-0.25, -0.2) is 26.3 Å². The van der Waals surface area contributed by atoms with Crippen molar-refractivity contribution in [3.05, 3.63) is 149 Å². The van der Waals surface area contributed by atoms with E-state index in [1.54, 1.807) is 19.1 Å². The Hall–Kier alpha value is -3.80. The van der Waals surface area contributed by atoms with E-state index in [1.807, 2.05) is 0 Å². The number of benzene rings is 1. The van der Waals surface area contributed by atoms with E-state index in [-0.39, 0.29) is 11.4 Å². The van der Waals surface area contributed by atoms with Gasteiger partial charge < -0.3 is 0 Å². The lowest BCUT2D eigenvalue weighted by Gasteiger charge is -2.17. The van der Waals surface area contributed by atoms with Gasteiger partial charge in [0.15, 0.2) is 17.5 Å². The number of unbranched alkanes of at least 4 members (excludes halogenated alkanes) is 6. The molecule has 0 radical (unpaired) electrons. The van der Waals surface area contributed by atoms with Crippen LogP contribution in [0.25, 0.3) is 5.57 Å². The zero-order valence-corrected chi connectivity index (χ0v) is 26.5. The smallest absolute Gasteiger partial charge is 0.159 e. The van der Waals surface area contributed by atoms with Crippen molar-refractivity contribution in [1.82, 2.24) is 0 Å². The number of rotatable bonds is 18. The second kappa shape index (κ2) is 18.9. The second-order valence-corrected chi connectivity index (χ2v) is 11.5. The number of hydrogen-bond donors (Lipinski definition) is 0. The van der Waals surface area contributed by atoms with Gasteiger partial charge in [0.25, 0.3) is 0 Å². The van der Waals surface area contributed by atoms with Gasteiger partial charge in [-0.15, -0.1) is 0 Å². The Morgan fingerprint density at radius 1 is 0.778 bits per heavy atom. The number of hydrogen-bond acceptors (Lipinski definition) is 0. The first kappa shape index (κ1) is 37.4. The van der Waals surface area contributed by atoms with E-state index in [9.17, 15) is 26.3 Å². The van der Waals surface area contributed by atoms with E-state index in [0.29, 0.717) is 46.3 Å². The van der Waals surface area contributed by atoms with Crippen LogP contribution in [0.4, 0.5) is 26.3 Å². The highest BCUT2D eigenvalue weighted by molar-refractivity contribution is 5.73. The van der Waals surface area contributed by atoms with E-state index in [1.165, 1.54) is 18.2 Å². The Morgan fingerprint density at radius 2 is 1.42 bits per heavy atom. The van der Waals surface area contributed by atoms with Gasteiger partial charge in [-0.2, -0.15) is 0 Å². The molecule has 2 rings (SSSR count). The summed E-state index contributed by atoms with van der Waals surface area (Å²) in [6, 6.07) is 3.47. The molecule has 0 unspecified atom stereocenters. The maximum Gasteiger partial charge on any atom is 0.159 e. The lowest BCUT2D eigenvalue weighted by Crippen LogP contribution is -1.99. The van der Waals surface area contributed by atoms with Gasteiger partial charge in [0, 0.05) is 5.57 Å². The third kappa shape index (κ3) is 13.0. The summed E-state index contributed by atoms with van der Waals surface area (Å²) >= 11 is 0. The Kier molecular flexibility index (Phi) is 15.7. The minimum atomic E-state index is -0.972. The summed E-state index contributed by atoms with van der Waals surface area (Å²) in [7, 11) is 0. The molecule has 6 heteroatoms. The van der Waals surface area contributed by atoms with E-state index in [4.69, 9.17) is 0 Å². The highest BCUT2D eigenvalue weighted by Crippen LogP contribution is 2.33. The molecule has 0 saturated carbocycles. The number of allylic oxidation sites excluding steroid dienone is 16. The summed E-state index contributed by atoms with van der Waals surface area (Å²) in [5.74, 6) is -4.69. The first-order valence-electron chi connectivity index (χ1n) is 15.3. The molecule has 0 N–H and O–H groups in total. The molecule has 242 valence electrons. The first-order chi connectivity index (χ1) is 21.3. The number of halogens is 6. The van der Waals surface area contributed by atoms with Crippen molar-refractivity contribution in [2.24, 2.45) is 0 Å². The maximum atomic E-state index is 14.7. The molecule has 0 saturated heterocycles. The fraction of sp³-hybridized carbons (Fsp3) is 0.333. The standard InChI is InChI=1S/C39H44F6/c1-26(22-36(42)30(5)27(2)16-17-28(3)33-19-21-35(41)39(45)25-33)14-12-10-8-7-9-11-13-15-32-18-20-34(38(44)24-32)29(4)23-37(43)31(6)40/h16-17,19,21-25H,1-3,5,7-15,18,20H2,4,6H3/b17-16-,29-23+,36-22+,37-31-. The lowest BCUT2D eigenvalue weighted by molar-refractivity contribution is 0.508. The summed E-state index contributed by atoms with van der Waals surface area (Å²) in [5.41, 5.74) is 3.81. The molecule has 0 heterocycles. The summed E-state index contributed by atoms with van der Waals surface area (Å²) in [6.45, 7) is 18.0. The van der Waals surface area contributed by atoms with Crippen molar-refractivity contribution >= 4 is 5.57 Å². The topological polar surface area (TPSA) is 0 Å². The molecule has 1 aliphatic rings. The average Bonchev–Trinajstić information content (AvgIpc) is 2.99. The third-order valence-corrected chi connectivity index (χ3v) is 7.74. The Balaban J connectivity index is 1.64. The monoisotopic (exact) mass is 626 g/mol. The highest BCUT2D eigenvalue weighted by atomic mass is 19.2. The fourth-order valence-electron chi connectivity index (χ4n) is 4.88. The van der Waals surface area contributed by atoms with Gasteiger partial charge in [-0.3, -0.25) is 0 Å². The van der Waals surface area contributed by atoms with Gasteiger partial charge in [0.05, 0.1) is 0 Å². The molecular weight excluding hydrogens is 582 g/mol. The Labute approximate surface area is 265 Å². The van der Waals surface area contributed by atoms with Crippen LogP contribution in [0.5, 0.6) is 0 Å². The molecule has 0 aromatic heterocycles. The predicted molar refractivity (Wildman–Crippen MR) is 177 cm³/mol. The van der Waals surface area contributed by atoms with E-state index in [2.05, 4.69) is 26.3 Å². The van der Waals surface area contributed by atoms with Gasteiger partial charge >= 0.3 is 0 Å². The molecule has 0 aliphatic heterocycles. The van der Waals surface area contributed by atoms with Crippen LogP contribution in [0.15, 0.2) is 132 Å². The van der Waals surface area contributed by atoms with Crippen LogP contribution in [0.1, 0.15) is 90.0 Å². The maximum absolute atomic E-state index is 14.7. The average molecular weight is 627 g/mol. The van der Waals surface area contributed by atoms with Gasteiger partial charge in [0.1, 0.15) is 17.5 Å². The summed E-state index contributed by atoms with van der Waals surface area (Å²) in [4.78, 5) is 0. The summed E-state index contributed by atoms with van der Waals surface area (Å²) in [6.07, 6.45) is 16.9. The molecule has 0 nitrogen and oxygen atoms in total. The normalized spacial score (nSPS) is 14.9. The molecule has 1 aromatic rings. The minimum Gasteiger partial charge on any atom is -0.209 e. The molecule has 0 spiro atoms. The second-order valence-electron chi connectivity index (χ2n) is 11.5. The largest absolute Gasteiger partial charge is 0.209 e. The molecule has 1 aliphatic carbocycles. The van der Waals surface area contributed by atoms with E-state index >= 15 is 0 Å². The van der Waals surface area contributed by atoms with Crippen LogP contribution in [0.2, 0.25) is 0 Å². The molecular formula is C39H44F6. The predicted octanol–water partition coefficient (Wildman–Crippen LogP) is 13.6. The van der Waals surface area contributed by atoms with Crippen molar-refractivity contribution < 1.29 is 26.3 Å². The fourth-order valence-corrected chi connectivity index (χ4v) is 4.88. The SMILES string of the molecule is C=C(/C=C(/F)C(=C)C(=C)/C=C\C(=C)c1ccc(F)c(F)c1)CCCCCCCCCC1=CC(F)=C(/C(C)=C/C(F)=C(\C)F)CC1. The van der Waals surface area contributed by atoms with Crippen LogP contribution in [-0.2, 0) is 0 Å². The van der Waals surface area contributed by atoms with Crippen LogP contribution in [-0.4, -0.2) is 0 Å². The molecule has 45 heavy (non-hydrogen) atoms. The van der Waals surface area contributed by atoms with E-state index in [0.717, 1.165) is 88.5 Å². The van der Waals surface area contributed by atoms with Crippen molar-refractivity contribution in [1.29, 1.82) is 0 Å². The Morgan fingerprint density at radius 3 is 2.04 bits per heavy atom. The summed E-state index contributed by atoms with van der Waals surface area (Å²) < 4.78 is 82.4. The van der Waals surface area contributed by atoms with Crippen molar-refractivity contribution in [2.45, 2.75) is 84.5 Å². The zero-order valence-electron chi connectivity index (χ0n) is 26.5. The zero-order chi connectivity index (χ0) is 33.5. The first-order valence-corrected chi connectivity index (χ1v) is 15.3. The van der Waals surface area contributed by atoms with Gasteiger partial charge in [0.2, 0.25) is 0 Å². The molecule has 0 fully saturated rings. The minimum absolute atomic E-state index is 0.108. The van der Waals surface area contributed by atoms with E-state index < -0.39 is 29.1 Å². The van der Waals surface area contributed by atoms with Crippen molar-refractivity contribution in [2.75, 3.05) is 0 Å². The quantitative estimate of drug-likeness (QED) is 0.0864. The van der Waals surface area contributed by atoms with Crippen molar-refractivity contribution in [3.8, 4) is 0 Å². The van der Waals surface area contributed by atoms with Crippen LogP contribution < -0.4 is 0 Å². The summed E-state index contributed by atoms with van der Waals surface area (Å²) in [5, 5.41) is 0. The highest BCUT2D eigenvalue weighted by Gasteiger charge is 2.15. The van der Waals surface area contributed by atoms with Crippen LogP contribution in [0, 0.1) is 11.6 Å². The van der Waals surface area contributed by atoms with Crippen molar-refractivity contribution in [3.63, 3.8) is 0 Å². The molecule has 0 amide bonds. The van der Waals surface area contributed by atoms with Crippen LogP contribution >= 0.6 is 0 Å². The van der Waals surface area contributed by atoms with Gasteiger partial charge in [-0.1, -0.05) is 87.8 Å². The van der Waals surface area contributed by atoms with Crippen LogP contribution in [0.3, 0.4) is 0 Å². The molecule has 0 atom stereocenters. The Bertz CT molecular complexity index is 1450. The molecule has 1 aromatic carbocycles.